The Morgan fingerprint density at radius 2 is 2.07 bits per heavy atom. The lowest BCUT2D eigenvalue weighted by atomic mass is 10.2. The standard InChI is InChI=1S/C10H9F2NO/c1-13-10(14)5-3-7-2-4-8(11)9(12)6-7/h2-6H,1H3,(H,13,14). The molecule has 0 saturated carbocycles. The molecule has 1 rings (SSSR count). The zero-order chi connectivity index (χ0) is 10.6. The lowest BCUT2D eigenvalue weighted by molar-refractivity contribution is -0.115. The second-order valence-electron chi connectivity index (χ2n) is 2.62. The highest BCUT2D eigenvalue weighted by atomic mass is 19.2. The Morgan fingerprint density at radius 1 is 1.36 bits per heavy atom. The van der Waals surface area contributed by atoms with Crippen molar-refractivity contribution >= 4 is 12.0 Å². The molecular formula is C10H9F2NO. The average molecular weight is 197 g/mol. The number of hydrogen-bond donors (Lipinski definition) is 1. The van der Waals surface area contributed by atoms with Gasteiger partial charge in [0.2, 0.25) is 5.91 Å². The van der Waals surface area contributed by atoms with Gasteiger partial charge in [-0.1, -0.05) is 6.07 Å². The third-order valence-corrected chi connectivity index (χ3v) is 1.62. The van der Waals surface area contributed by atoms with E-state index in [1.165, 1.54) is 25.3 Å². The molecule has 1 aromatic carbocycles. The Morgan fingerprint density at radius 3 is 2.64 bits per heavy atom. The molecule has 0 aliphatic rings. The van der Waals surface area contributed by atoms with Crippen molar-refractivity contribution < 1.29 is 13.6 Å². The Kier molecular flexibility index (Phi) is 3.34. The third-order valence-electron chi connectivity index (χ3n) is 1.62. The van der Waals surface area contributed by atoms with Gasteiger partial charge in [0.05, 0.1) is 0 Å². The quantitative estimate of drug-likeness (QED) is 0.718. The molecule has 1 amide bonds. The lowest BCUT2D eigenvalue weighted by Crippen LogP contribution is -2.13. The fraction of sp³-hybridized carbons (Fsp3) is 0.100. The summed E-state index contributed by atoms with van der Waals surface area (Å²) >= 11 is 0. The van der Waals surface area contributed by atoms with Gasteiger partial charge in [0, 0.05) is 13.1 Å². The van der Waals surface area contributed by atoms with E-state index in [9.17, 15) is 13.6 Å². The van der Waals surface area contributed by atoms with Crippen LogP contribution < -0.4 is 5.32 Å². The lowest BCUT2D eigenvalue weighted by Gasteiger charge is -1.95. The highest BCUT2D eigenvalue weighted by Gasteiger charge is 2.00. The van der Waals surface area contributed by atoms with Crippen LogP contribution in [0.2, 0.25) is 0 Å². The Hall–Kier alpha value is -1.71. The van der Waals surface area contributed by atoms with Crippen LogP contribution in [0.3, 0.4) is 0 Å². The number of benzene rings is 1. The maximum atomic E-state index is 12.7. The largest absolute Gasteiger partial charge is 0.356 e. The van der Waals surface area contributed by atoms with Gasteiger partial charge in [-0.3, -0.25) is 4.79 Å². The number of amides is 1. The van der Waals surface area contributed by atoms with E-state index in [0.717, 1.165) is 12.1 Å². The normalized spacial score (nSPS) is 10.5. The third kappa shape index (κ3) is 2.65. The molecule has 0 spiro atoms. The molecule has 0 aliphatic heterocycles. The predicted octanol–water partition coefficient (Wildman–Crippen LogP) is 1.72. The van der Waals surface area contributed by atoms with Crippen molar-refractivity contribution in [1.82, 2.24) is 5.32 Å². The number of carbonyl (C=O) groups is 1. The molecule has 2 nitrogen and oxygen atoms in total. The van der Waals surface area contributed by atoms with Crippen molar-refractivity contribution in [1.29, 1.82) is 0 Å². The van der Waals surface area contributed by atoms with Gasteiger partial charge in [-0.2, -0.15) is 0 Å². The second kappa shape index (κ2) is 4.50. The van der Waals surface area contributed by atoms with E-state index in [1.54, 1.807) is 0 Å². The summed E-state index contributed by atoms with van der Waals surface area (Å²) in [6, 6.07) is 3.42. The number of halogens is 2. The van der Waals surface area contributed by atoms with Crippen LogP contribution in [0.25, 0.3) is 6.08 Å². The van der Waals surface area contributed by atoms with E-state index in [2.05, 4.69) is 5.32 Å². The van der Waals surface area contributed by atoms with Crippen molar-refractivity contribution in [2.24, 2.45) is 0 Å². The van der Waals surface area contributed by atoms with Crippen LogP contribution in [0, 0.1) is 11.6 Å². The maximum Gasteiger partial charge on any atom is 0.243 e. The molecule has 74 valence electrons. The molecule has 0 heterocycles. The van der Waals surface area contributed by atoms with Gasteiger partial charge in [-0.25, -0.2) is 8.78 Å². The van der Waals surface area contributed by atoms with Crippen molar-refractivity contribution in [3.05, 3.63) is 41.5 Å². The van der Waals surface area contributed by atoms with Crippen LogP contribution in [-0.2, 0) is 4.79 Å². The number of hydrogen-bond acceptors (Lipinski definition) is 1. The molecule has 0 saturated heterocycles. The van der Waals surface area contributed by atoms with Crippen LogP contribution in [-0.4, -0.2) is 13.0 Å². The molecular weight excluding hydrogens is 188 g/mol. The van der Waals surface area contributed by atoms with Gasteiger partial charge < -0.3 is 5.32 Å². The van der Waals surface area contributed by atoms with Gasteiger partial charge in [0.25, 0.3) is 0 Å². The van der Waals surface area contributed by atoms with Gasteiger partial charge in [0.15, 0.2) is 11.6 Å². The summed E-state index contributed by atoms with van der Waals surface area (Å²) < 4.78 is 25.2. The first-order chi connectivity index (χ1) is 6.63. The molecule has 0 atom stereocenters. The first kappa shape index (κ1) is 10.4. The van der Waals surface area contributed by atoms with Crippen LogP contribution in [0.1, 0.15) is 5.56 Å². The van der Waals surface area contributed by atoms with Crippen LogP contribution >= 0.6 is 0 Å². The molecule has 0 aliphatic carbocycles. The molecule has 0 fully saturated rings. The second-order valence-corrected chi connectivity index (χ2v) is 2.62. The Labute approximate surface area is 80.2 Å². The van der Waals surface area contributed by atoms with Crippen LogP contribution in [0.4, 0.5) is 8.78 Å². The fourth-order valence-electron chi connectivity index (χ4n) is 0.871. The average Bonchev–Trinajstić information content (AvgIpc) is 2.19. The molecule has 14 heavy (non-hydrogen) atoms. The van der Waals surface area contributed by atoms with Crippen molar-refractivity contribution in [3.63, 3.8) is 0 Å². The zero-order valence-corrected chi connectivity index (χ0v) is 7.55. The van der Waals surface area contributed by atoms with E-state index in [4.69, 9.17) is 0 Å². The summed E-state index contributed by atoms with van der Waals surface area (Å²) in [5, 5.41) is 2.37. The summed E-state index contributed by atoms with van der Waals surface area (Å²) in [5.74, 6) is -2.12. The molecule has 0 aromatic heterocycles. The van der Waals surface area contributed by atoms with Crippen LogP contribution in [0.5, 0.6) is 0 Å². The van der Waals surface area contributed by atoms with Crippen molar-refractivity contribution in [3.8, 4) is 0 Å². The van der Waals surface area contributed by atoms with E-state index < -0.39 is 11.6 Å². The highest BCUT2D eigenvalue weighted by molar-refractivity contribution is 5.91. The van der Waals surface area contributed by atoms with Crippen molar-refractivity contribution in [2.75, 3.05) is 7.05 Å². The number of likely N-dealkylation sites (N-methyl/N-ethyl adjacent to an activating group) is 1. The maximum absolute atomic E-state index is 12.7. The van der Waals surface area contributed by atoms with E-state index in [1.807, 2.05) is 0 Å². The van der Waals surface area contributed by atoms with E-state index >= 15 is 0 Å². The highest BCUT2D eigenvalue weighted by Crippen LogP contribution is 2.09. The number of carbonyl (C=O) groups excluding carboxylic acids is 1. The number of rotatable bonds is 2. The summed E-state index contributed by atoms with van der Waals surface area (Å²) in [5.41, 5.74) is 0.438. The molecule has 1 N–H and O–H groups in total. The molecule has 1 aromatic rings. The number of nitrogens with one attached hydrogen (secondary N) is 1. The summed E-state index contributed by atoms with van der Waals surface area (Å²) in [6.45, 7) is 0. The molecule has 0 unspecified atom stereocenters. The Bertz CT molecular complexity index is 374. The zero-order valence-electron chi connectivity index (χ0n) is 7.55. The molecule has 4 heteroatoms. The molecule has 0 radical (unpaired) electrons. The topological polar surface area (TPSA) is 29.1 Å². The van der Waals surface area contributed by atoms with E-state index in [0.29, 0.717) is 5.56 Å². The van der Waals surface area contributed by atoms with Crippen molar-refractivity contribution in [2.45, 2.75) is 0 Å². The van der Waals surface area contributed by atoms with Gasteiger partial charge in [-0.15, -0.1) is 0 Å². The minimum Gasteiger partial charge on any atom is -0.356 e. The first-order valence-corrected chi connectivity index (χ1v) is 3.98. The minimum absolute atomic E-state index is 0.297. The molecule has 0 bridgehead atoms. The summed E-state index contributed by atoms with van der Waals surface area (Å²) in [7, 11) is 1.48. The fourth-order valence-corrected chi connectivity index (χ4v) is 0.871. The predicted molar refractivity (Wildman–Crippen MR) is 49.5 cm³/mol. The Balaban J connectivity index is 2.83. The first-order valence-electron chi connectivity index (χ1n) is 3.98. The SMILES string of the molecule is CNC(=O)C=Cc1ccc(F)c(F)c1. The minimum atomic E-state index is -0.927. The smallest absolute Gasteiger partial charge is 0.243 e. The van der Waals surface area contributed by atoms with Gasteiger partial charge in [-0.05, 0) is 23.8 Å². The monoisotopic (exact) mass is 197 g/mol. The van der Waals surface area contributed by atoms with Gasteiger partial charge >= 0.3 is 0 Å². The summed E-state index contributed by atoms with van der Waals surface area (Å²) in [4.78, 5) is 10.8. The van der Waals surface area contributed by atoms with Crippen LogP contribution in [0.15, 0.2) is 24.3 Å². The van der Waals surface area contributed by atoms with E-state index in [-0.39, 0.29) is 5.91 Å². The summed E-state index contributed by atoms with van der Waals surface area (Å²) in [6.07, 6.45) is 2.65. The van der Waals surface area contributed by atoms with Gasteiger partial charge in [0.1, 0.15) is 0 Å².